The molecule has 0 aromatic heterocycles. The zero-order valence-corrected chi connectivity index (χ0v) is 18.9. The molecule has 8 heteroatoms. The zero-order chi connectivity index (χ0) is 22.6. The molecule has 0 aliphatic carbocycles. The van der Waals surface area contributed by atoms with Gasteiger partial charge >= 0.3 is 0 Å². The Bertz CT molecular complexity index is 885. The lowest BCUT2D eigenvalue weighted by molar-refractivity contribution is 0.0933. The molecular weight excluding hydrogens is 414 g/mol. The number of hydrazine groups is 1. The smallest absolute Gasteiger partial charge is 0.269 e. The Labute approximate surface area is 188 Å². The van der Waals surface area contributed by atoms with Gasteiger partial charge in [-0.2, -0.15) is 0 Å². The molecule has 0 saturated carbocycles. The second-order valence-corrected chi connectivity index (χ2v) is 7.67. The molecule has 2 aromatic rings. The van der Waals surface area contributed by atoms with E-state index in [0.29, 0.717) is 41.8 Å². The fraction of sp³-hybridized carbons (Fsp3) is 0.348. The van der Waals surface area contributed by atoms with Crippen LogP contribution >= 0.6 is 12.2 Å². The molecule has 7 nitrogen and oxygen atoms in total. The van der Waals surface area contributed by atoms with Crippen LogP contribution in [0.15, 0.2) is 48.5 Å². The van der Waals surface area contributed by atoms with Crippen molar-refractivity contribution in [1.29, 1.82) is 0 Å². The first-order valence-electron chi connectivity index (χ1n) is 10.3. The van der Waals surface area contributed by atoms with Gasteiger partial charge in [-0.25, -0.2) is 0 Å². The zero-order valence-electron chi connectivity index (χ0n) is 18.1. The Hall–Kier alpha value is -3.13. The number of hydrogen-bond donors (Lipinski definition) is 3. The van der Waals surface area contributed by atoms with Crippen LogP contribution < -0.4 is 25.6 Å². The minimum Gasteiger partial charge on any atom is -0.494 e. The van der Waals surface area contributed by atoms with Crippen molar-refractivity contribution in [1.82, 2.24) is 16.2 Å². The third kappa shape index (κ3) is 8.25. The van der Waals surface area contributed by atoms with Gasteiger partial charge in [-0.15, -0.1) is 0 Å². The van der Waals surface area contributed by atoms with Crippen molar-refractivity contribution in [3.05, 3.63) is 59.7 Å². The summed E-state index contributed by atoms with van der Waals surface area (Å²) in [6.45, 7) is 7.39. The summed E-state index contributed by atoms with van der Waals surface area (Å²) in [6.07, 6.45) is 1.79. The molecule has 166 valence electrons. The molecule has 0 unspecified atom stereocenters. The summed E-state index contributed by atoms with van der Waals surface area (Å²) in [5.74, 6) is 0.928. The average Bonchev–Trinajstić information content (AvgIpc) is 2.76. The number of ether oxygens (including phenoxy) is 2. The lowest BCUT2D eigenvalue weighted by atomic mass is 10.1. The fourth-order valence-electron chi connectivity index (χ4n) is 2.49. The summed E-state index contributed by atoms with van der Waals surface area (Å²) < 4.78 is 11.2. The largest absolute Gasteiger partial charge is 0.494 e. The molecule has 2 amide bonds. The molecule has 2 aromatic carbocycles. The van der Waals surface area contributed by atoms with Gasteiger partial charge in [0.25, 0.3) is 11.8 Å². The molecule has 0 saturated heterocycles. The summed E-state index contributed by atoms with van der Waals surface area (Å²) in [4.78, 5) is 24.8. The summed E-state index contributed by atoms with van der Waals surface area (Å²) in [6, 6.07) is 13.7. The summed E-state index contributed by atoms with van der Waals surface area (Å²) in [5, 5.41) is 2.50. The van der Waals surface area contributed by atoms with E-state index in [2.05, 4.69) is 30.0 Å². The lowest BCUT2D eigenvalue weighted by Crippen LogP contribution is -2.48. The normalized spacial score (nSPS) is 10.3. The molecule has 0 heterocycles. The number of para-hydroxylation sites is 1. The minimum absolute atomic E-state index is 0.0303. The second-order valence-electron chi connectivity index (χ2n) is 7.26. The summed E-state index contributed by atoms with van der Waals surface area (Å²) in [7, 11) is 0. The molecule has 0 spiro atoms. The highest BCUT2D eigenvalue weighted by Crippen LogP contribution is 2.18. The number of nitrogens with one attached hydrogen (secondary N) is 3. The standard InChI is InChI=1S/C23H29N3O4S/c1-4-14-30-20-8-6-5-7-19(20)22(28)24-23(31)26-25-21(27)17-9-11-18(12-10-17)29-15-13-16(2)3/h5-12,16H,4,13-15H2,1-3H3,(H,25,27)(H2,24,26,28,31). The first-order valence-corrected chi connectivity index (χ1v) is 10.7. The van der Waals surface area contributed by atoms with Gasteiger partial charge in [-0.1, -0.05) is 32.9 Å². The fourth-order valence-corrected chi connectivity index (χ4v) is 2.64. The molecule has 0 fully saturated rings. The quantitative estimate of drug-likeness (QED) is 0.403. The number of benzene rings is 2. The van der Waals surface area contributed by atoms with Gasteiger partial charge in [-0.05, 0) is 67.4 Å². The van der Waals surface area contributed by atoms with Crippen molar-refractivity contribution >= 4 is 29.1 Å². The van der Waals surface area contributed by atoms with Crippen molar-refractivity contribution < 1.29 is 19.1 Å². The Morgan fingerprint density at radius 1 is 0.935 bits per heavy atom. The lowest BCUT2D eigenvalue weighted by Gasteiger charge is -2.13. The van der Waals surface area contributed by atoms with E-state index >= 15 is 0 Å². The molecule has 0 atom stereocenters. The monoisotopic (exact) mass is 443 g/mol. The summed E-state index contributed by atoms with van der Waals surface area (Å²) >= 11 is 5.10. The van der Waals surface area contributed by atoms with Crippen LogP contribution in [0.25, 0.3) is 0 Å². The number of rotatable bonds is 9. The molecule has 0 radical (unpaired) electrons. The van der Waals surface area contributed by atoms with Crippen LogP contribution in [0.2, 0.25) is 0 Å². The van der Waals surface area contributed by atoms with E-state index in [1.165, 1.54) is 0 Å². The molecule has 2 rings (SSSR count). The number of hydrogen-bond acceptors (Lipinski definition) is 5. The van der Waals surface area contributed by atoms with Crippen molar-refractivity contribution in [3.63, 3.8) is 0 Å². The first kappa shape index (κ1) is 24.1. The van der Waals surface area contributed by atoms with Gasteiger partial charge in [0.05, 0.1) is 18.8 Å². The van der Waals surface area contributed by atoms with Crippen molar-refractivity contribution in [3.8, 4) is 11.5 Å². The molecular formula is C23H29N3O4S. The SMILES string of the molecule is CCCOc1ccccc1C(=O)NC(=S)NNC(=O)c1ccc(OCCC(C)C)cc1. The molecule has 0 bridgehead atoms. The van der Waals surface area contributed by atoms with E-state index in [1.807, 2.05) is 6.92 Å². The second kappa shape index (κ2) is 12.5. The predicted octanol–water partition coefficient (Wildman–Crippen LogP) is 3.85. The van der Waals surface area contributed by atoms with Crippen LogP contribution in [-0.2, 0) is 0 Å². The van der Waals surface area contributed by atoms with Gasteiger partial charge in [0.2, 0.25) is 0 Å². The van der Waals surface area contributed by atoms with Crippen LogP contribution in [0.4, 0.5) is 0 Å². The average molecular weight is 444 g/mol. The Morgan fingerprint density at radius 3 is 2.32 bits per heavy atom. The van der Waals surface area contributed by atoms with Crippen LogP contribution in [0.1, 0.15) is 54.3 Å². The Kier molecular flexibility index (Phi) is 9.77. The van der Waals surface area contributed by atoms with Gasteiger partial charge < -0.3 is 9.47 Å². The number of carbonyl (C=O) groups is 2. The number of amides is 2. The maximum absolute atomic E-state index is 12.5. The van der Waals surface area contributed by atoms with E-state index < -0.39 is 11.8 Å². The number of carbonyl (C=O) groups excluding carboxylic acids is 2. The van der Waals surface area contributed by atoms with Crippen molar-refractivity contribution in [2.24, 2.45) is 5.92 Å². The van der Waals surface area contributed by atoms with Gasteiger partial charge in [0, 0.05) is 5.56 Å². The van der Waals surface area contributed by atoms with Crippen LogP contribution in [-0.4, -0.2) is 30.1 Å². The van der Waals surface area contributed by atoms with Gasteiger partial charge in [-0.3, -0.25) is 25.8 Å². The summed E-state index contributed by atoms with van der Waals surface area (Å²) in [5.41, 5.74) is 5.79. The molecule has 31 heavy (non-hydrogen) atoms. The Balaban J connectivity index is 1.83. The van der Waals surface area contributed by atoms with Gasteiger partial charge in [0.15, 0.2) is 5.11 Å². The maximum atomic E-state index is 12.5. The predicted molar refractivity (Wildman–Crippen MR) is 124 cm³/mol. The highest BCUT2D eigenvalue weighted by molar-refractivity contribution is 7.80. The molecule has 0 aliphatic heterocycles. The van der Waals surface area contributed by atoms with Crippen molar-refractivity contribution in [2.45, 2.75) is 33.6 Å². The highest BCUT2D eigenvalue weighted by Gasteiger charge is 2.14. The Morgan fingerprint density at radius 2 is 1.65 bits per heavy atom. The van der Waals surface area contributed by atoms with E-state index in [4.69, 9.17) is 21.7 Å². The van der Waals surface area contributed by atoms with E-state index in [-0.39, 0.29) is 5.11 Å². The van der Waals surface area contributed by atoms with E-state index in [0.717, 1.165) is 12.8 Å². The maximum Gasteiger partial charge on any atom is 0.269 e. The topological polar surface area (TPSA) is 88.7 Å². The van der Waals surface area contributed by atoms with E-state index in [1.54, 1.807) is 48.5 Å². The van der Waals surface area contributed by atoms with E-state index in [9.17, 15) is 9.59 Å². The first-order chi connectivity index (χ1) is 14.9. The van der Waals surface area contributed by atoms with Crippen LogP contribution in [0.5, 0.6) is 11.5 Å². The minimum atomic E-state index is -0.429. The third-order valence-electron chi connectivity index (χ3n) is 4.19. The van der Waals surface area contributed by atoms with Crippen molar-refractivity contribution in [2.75, 3.05) is 13.2 Å². The number of thiocarbonyl (C=S) groups is 1. The van der Waals surface area contributed by atoms with Crippen LogP contribution in [0.3, 0.4) is 0 Å². The molecule has 3 N–H and O–H groups in total. The van der Waals surface area contributed by atoms with Crippen LogP contribution in [0, 0.1) is 5.92 Å². The van der Waals surface area contributed by atoms with Gasteiger partial charge in [0.1, 0.15) is 11.5 Å². The highest BCUT2D eigenvalue weighted by atomic mass is 32.1. The third-order valence-corrected chi connectivity index (χ3v) is 4.39. The molecule has 0 aliphatic rings.